The van der Waals surface area contributed by atoms with Gasteiger partial charge in [-0.15, -0.1) is 0 Å². The average Bonchev–Trinajstić information content (AvgIpc) is 2.54. The van der Waals surface area contributed by atoms with E-state index >= 15 is 0 Å². The second-order valence-electron chi connectivity index (χ2n) is 5.65. The summed E-state index contributed by atoms with van der Waals surface area (Å²) in [5, 5.41) is 8.63. The molecule has 0 aliphatic carbocycles. The topological polar surface area (TPSA) is 40.5 Å². The van der Waals surface area contributed by atoms with Crippen LogP contribution in [0, 0.1) is 0 Å². The van der Waals surface area contributed by atoms with E-state index in [4.69, 9.17) is 5.11 Å². The largest absolute Gasteiger partial charge is 0.478 e. The molecule has 2 aromatic carbocycles. The zero-order valence-electron chi connectivity index (χ0n) is 12.8. The summed E-state index contributed by atoms with van der Waals surface area (Å²) in [6, 6.07) is 21.2. The molecule has 116 valence electrons. The van der Waals surface area contributed by atoms with Crippen molar-refractivity contribution in [3.63, 3.8) is 0 Å². The Bertz CT molecular complexity index is 672. The van der Waals surface area contributed by atoms with Crippen molar-refractivity contribution in [2.75, 3.05) is 13.1 Å². The minimum Gasteiger partial charge on any atom is -0.478 e. The smallest absolute Gasteiger partial charge is 0.328 e. The van der Waals surface area contributed by atoms with Gasteiger partial charge in [0, 0.05) is 19.2 Å². The van der Waals surface area contributed by atoms with Gasteiger partial charge in [0.15, 0.2) is 0 Å². The van der Waals surface area contributed by atoms with Crippen molar-refractivity contribution in [1.29, 1.82) is 0 Å². The molecule has 0 saturated carbocycles. The maximum absolute atomic E-state index is 10.5. The van der Waals surface area contributed by atoms with Gasteiger partial charge in [0.2, 0.25) is 0 Å². The van der Waals surface area contributed by atoms with Crippen LogP contribution in [-0.2, 0) is 4.79 Å². The number of hydrogen-bond acceptors (Lipinski definition) is 2. The fraction of sp³-hybridized carbons (Fsp3) is 0.150. The highest BCUT2D eigenvalue weighted by atomic mass is 16.4. The van der Waals surface area contributed by atoms with Gasteiger partial charge in [-0.05, 0) is 16.7 Å². The fourth-order valence-corrected chi connectivity index (χ4v) is 2.91. The Labute approximate surface area is 136 Å². The predicted octanol–water partition coefficient (Wildman–Crippen LogP) is 3.66. The van der Waals surface area contributed by atoms with Crippen LogP contribution in [0.5, 0.6) is 0 Å². The molecular formula is C20H19NO2. The number of carboxylic acid groups (broad SMARTS) is 1. The van der Waals surface area contributed by atoms with Gasteiger partial charge in [-0.25, -0.2) is 4.79 Å². The van der Waals surface area contributed by atoms with E-state index in [1.54, 1.807) is 6.08 Å². The molecule has 3 rings (SSSR count). The highest BCUT2D eigenvalue weighted by Crippen LogP contribution is 2.33. The van der Waals surface area contributed by atoms with Gasteiger partial charge in [-0.2, -0.15) is 0 Å². The molecule has 0 unspecified atom stereocenters. The number of rotatable bonds is 5. The van der Waals surface area contributed by atoms with Crippen molar-refractivity contribution in [2.24, 2.45) is 0 Å². The van der Waals surface area contributed by atoms with Crippen molar-refractivity contribution in [2.45, 2.75) is 6.04 Å². The molecule has 0 bridgehead atoms. The van der Waals surface area contributed by atoms with E-state index in [0.29, 0.717) is 0 Å². The minimum atomic E-state index is -0.913. The van der Waals surface area contributed by atoms with Gasteiger partial charge in [-0.3, -0.25) is 4.90 Å². The van der Waals surface area contributed by atoms with E-state index in [-0.39, 0.29) is 6.04 Å². The van der Waals surface area contributed by atoms with Gasteiger partial charge in [0.05, 0.1) is 6.04 Å². The molecule has 1 fully saturated rings. The number of benzene rings is 2. The minimum absolute atomic E-state index is 0.234. The molecule has 0 aromatic heterocycles. The van der Waals surface area contributed by atoms with Crippen LogP contribution in [0.15, 0.2) is 84.5 Å². The molecule has 1 N–H and O–H groups in total. The summed E-state index contributed by atoms with van der Waals surface area (Å²) < 4.78 is 0. The molecule has 3 heteroatoms. The zero-order chi connectivity index (χ0) is 16.1. The molecule has 1 aliphatic heterocycles. The quantitative estimate of drug-likeness (QED) is 0.857. The van der Waals surface area contributed by atoms with Crippen LogP contribution in [0.3, 0.4) is 0 Å². The first-order chi connectivity index (χ1) is 11.2. The van der Waals surface area contributed by atoms with Crippen molar-refractivity contribution in [3.05, 3.63) is 95.6 Å². The molecule has 2 aromatic rings. The van der Waals surface area contributed by atoms with E-state index in [0.717, 1.165) is 13.1 Å². The first-order valence-electron chi connectivity index (χ1n) is 7.67. The normalized spacial score (nSPS) is 14.9. The predicted molar refractivity (Wildman–Crippen MR) is 91.2 cm³/mol. The summed E-state index contributed by atoms with van der Waals surface area (Å²) in [7, 11) is 0. The van der Waals surface area contributed by atoms with E-state index < -0.39 is 5.97 Å². The van der Waals surface area contributed by atoms with Crippen LogP contribution < -0.4 is 0 Å². The van der Waals surface area contributed by atoms with E-state index in [1.165, 1.54) is 22.8 Å². The lowest BCUT2D eigenvalue weighted by molar-refractivity contribution is -0.131. The number of aliphatic carboxylic acids is 1. The Morgan fingerprint density at radius 1 is 0.957 bits per heavy atom. The standard InChI is InChI=1S/C20H19NO2/c22-19(23)13-7-8-16-14-21(15-16)20(17-9-3-1-4-10-17)18-11-5-2-6-12-18/h1-13,20H,14-15H2,(H,22,23)/b13-7+. The van der Waals surface area contributed by atoms with Crippen LogP contribution in [0.1, 0.15) is 17.2 Å². The lowest BCUT2D eigenvalue weighted by Gasteiger charge is -2.41. The van der Waals surface area contributed by atoms with E-state index in [2.05, 4.69) is 53.4 Å². The highest BCUT2D eigenvalue weighted by Gasteiger charge is 2.29. The lowest BCUT2D eigenvalue weighted by atomic mass is 9.93. The van der Waals surface area contributed by atoms with Crippen LogP contribution in [0.4, 0.5) is 0 Å². The Hall–Kier alpha value is -2.65. The second-order valence-corrected chi connectivity index (χ2v) is 5.65. The number of likely N-dealkylation sites (tertiary alicyclic amines) is 1. The number of carboxylic acids is 1. The molecule has 1 aliphatic rings. The van der Waals surface area contributed by atoms with Gasteiger partial charge in [0.1, 0.15) is 0 Å². The van der Waals surface area contributed by atoms with Crippen molar-refractivity contribution in [1.82, 2.24) is 4.90 Å². The summed E-state index contributed by atoms with van der Waals surface area (Å²) >= 11 is 0. The molecule has 3 nitrogen and oxygen atoms in total. The van der Waals surface area contributed by atoms with Crippen LogP contribution in [0.2, 0.25) is 0 Å². The van der Waals surface area contributed by atoms with E-state index in [9.17, 15) is 4.79 Å². The molecule has 1 saturated heterocycles. The Morgan fingerprint density at radius 2 is 1.48 bits per heavy atom. The Morgan fingerprint density at radius 3 is 1.96 bits per heavy atom. The van der Waals surface area contributed by atoms with Gasteiger partial charge in [-0.1, -0.05) is 72.8 Å². The number of hydrogen-bond donors (Lipinski definition) is 1. The summed E-state index contributed by atoms with van der Waals surface area (Å²) in [6.45, 7) is 1.72. The Kier molecular flexibility index (Phi) is 4.69. The first kappa shape index (κ1) is 15.3. The van der Waals surface area contributed by atoms with Crippen molar-refractivity contribution < 1.29 is 9.90 Å². The monoisotopic (exact) mass is 305 g/mol. The average molecular weight is 305 g/mol. The Balaban J connectivity index is 1.78. The fourth-order valence-electron chi connectivity index (χ4n) is 2.91. The molecular weight excluding hydrogens is 286 g/mol. The zero-order valence-corrected chi connectivity index (χ0v) is 12.8. The van der Waals surface area contributed by atoms with Crippen molar-refractivity contribution in [3.8, 4) is 0 Å². The van der Waals surface area contributed by atoms with Crippen LogP contribution >= 0.6 is 0 Å². The van der Waals surface area contributed by atoms with Crippen LogP contribution in [0.25, 0.3) is 0 Å². The number of carbonyl (C=O) groups is 1. The molecule has 23 heavy (non-hydrogen) atoms. The highest BCUT2D eigenvalue weighted by molar-refractivity contribution is 5.80. The molecule has 0 atom stereocenters. The summed E-state index contributed by atoms with van der Waals surface area (Å²) in [5.74, 6) is -0.913. The second kappa shape index (κ2) is 7.07. The third-order valence-electron chi connectivity index (χ3n) is 3.98. The van der Waals surface area contributed by atoms with Gasteiger partial charge >= 0.3 is 5.97 Å². The first-order valence-corrected chi connectivity index (χ1v) is 7.67. The summed E-state index contributed by atoms with van der Waals surface area (Å²) in [4.78, 5) is 12.9. The summed E-state index contributed by atoms with van der Waals surface area (Å²) in [5.41, 5.74) is 3.80. The lowest BCUT2D eigenvalue weighted by Crippen LogP contribution is -2.43. The van der Waals surface area contributed by atoms with E-state index in [1.807, 2.05) is 18.2 Å². The number of allylic oxidation sites excluding steroid dienone is 2. The SMILES string of the molecule is O=C(O)/C=C/C=C1CN(C(c2ccccc2)c2ccccc2)C1. The maximum atomic E-state index is 10.5. The van der Waals surface area contributed by atoms with Crippen LogP contribution in [-0.4, -0.2) is 29.1 Å². The van der Waals surface area contributed by atoms with Crippen molar-refractivity contribution >= 4 is 5.97 Å². The van der Waals surface area contributed by atoms with Gasteiger partial charge in [0.25, 0.3) is 0 Å². The molecule has 0 radical (unpaired) electrons. The third-order valence-corrected chi connectivity index (χ3v) is 3.98. The van der Waals surface area contributed by atoms with Gasteiger partial charge < -0.3 is 5.11 Å². The number of nitrogens with zero attached hydrogens (tertiary/aromatic N) is 1. The third kappa shape index (κ3) is 3.76. The maximum Gasteiger partial charge on any atom is 0.328 e. The molecule has 0 spiro atoms. The molecule has 1 heterocycles. The molecule has 0 amide bonds. The summed E-state index contributed by atoms with van der Waals surface area (Å²) in [6.07, 6.45) is 4.67.